The van der Waals surface area contributed by atoms with Gasteiger partial charge >= 0.3 is 6.18 Å². The van der Waals surface area contributed by atoms with Crippen LogP contribution in [0.25, 0.3) is 0 Å². The predicted octanol–water partition coefficient (Wildman–Crippen LogP) is 2.34. The Kier molecular flexibility index (Phi) is 4.53. The summed E-state index contributed by atoms with van der Waals surface area (Å²) in [7, 11) is -4.23. The number of benzene rings is 1. The normalized spacial score (nSPS) is 21.5. The van der Waals surface area contributed by atoms with Crippen LogP contribution in [-0.2, 0) is 16.2 Å². The number of nitrogens with one attached hydrogen (secondary N) is 1. The average Bonchev–Trinajstić information content (AvgIpc) is 2.37. The fourth-order valence-corrected chi connectivity index (χ4v) is 4.25. The molecule has 0 amide bonds. The first kappa shape index (κ1) is 16.5. The first-order valence-electron chi connectivity index (χ1n) is 6.23. The fraction of sp³-hybridized carbons (Fsp3) is 0.500. The van der Waals surface area contributed by atoms with Gasteiger partial charge in [-0.2, -0.15) is 17.5 Å². The highest BCUT2D eigenvalue weighted by molar-refractivity contribution is 7.89. The maximum Gasteiger partial charge on any atom is 0.417 e. The summed E-state index contributed by atoms with van der Waals surface area (Å²) in [4.78, 5) is -0.756. The largest absolute Gasteiger partial charge is 0.417 e. The Balaban J connectivity index is 2.54. The molecule has 1 aliphatic heterocycles. The van der Waals surface area contributed by atoms with E-state index in [0.29, 0.717) is 19.2 Å². The molecule has 1 atom stereocenters. The van der Waals surface area contributed by atoms with Crippen molar-refractivity contribution in [1.29, 1.82) is 0 Å². The molecule has 1 heterocycles. The van der Waals surface area contributed by atoms with E-state index in [9.17, 15) is 21.6 Å². The first-order chi connectivity index (χ1) is 9.64. The topological polar surface area (TPSA) is 49.4 Å². The minimum atomic E-state index is -4.79. The molecule has 118 valence electrons. The minimum Gasteiger partial charge on any atom is -0.314 e. The zero-order chi connectivity index (χ0) is 15.8. The van der Waals surface area contributed by atoms with E-state index in [0.717, 1.165) is 16.4 Å². The smallest absolute Gasteiger partial charge is 0.314 e. The molecule has 1 saturated heterocycles. The number of sulfonamides is 1. The van der Waals surface area contributed by atoms with Crippen molar-refractivity contribution in [3.8, 4) is 0 Å². The quantitative estimate of drug-likeness (QED) is 0.897. The molecule has 9 heteroatoms. The number of hydrogen-bond acceptors (Lipinski definition) is 3. The summed E-state index contributed by atoms with van der Waals surface area (Å²) in [6.45, 7) is 2.57. The molecule has 0 aliphatic carbocycles. The van der Waals surface area contributed by atoms with Crippen molar-refractivity contribution in [2.75, 3.05) is 19.6 Å². The van der Waals surface area contributed by atoms with Crippen LogP contribution in [0.1, 0.15) is 12.5 Å². The monoisotopic (exact) mass is 342 g/mol. The van der Waals surface area contributed by atoms with Crippen LogP contribution in [0.4, 0.5) is 13.2 Å². The second-order valence-corrected chi connectivity index (χ2v) is 7.10. The molecule has 0 aromatic heterocycles. The lowest BCUT2D eigenvalue weighted by Crippen LogP contribution is -2.52. The molecule has 1 N–H and O–H groups in total. The van der Waals surface area contributed by atoms with Crippen LogP contribution >= 0.6 is 11.6 Å². The third-order valence-electron chi connectivity index (χ3n) is 3.27. The molecule has 0 saturated carbocycles. The second kappa shape index (κ2) is 5.75. The third kappa shape index (κ3) is 3.33. The molecule has 0 radical (unpaired) electrons. The van der Waals surface area contributed by atoms with E-state index < -0.39 is 32.7 Å². The van der Waals surface area contributed by atoms with Crippen molar-refractivity contribution in [3.63, 3.8) is 0 Å². The molecule has 1 aliphatic rings. The fourth-order valence-electron chi connectivity index (χ4n) is 2.25. The van der Waals surface area contributed by atoms with Crippen molar-refractivity contribution >= 4 is 21.6 Å². The SMILES string of the molecule is C[C@@H]1CNCCN1S(=O)(=O)c1ccc(Cl)cc1C(F)(F)F. The summed E-state index contributed by atoms with van der Waals surface area (Å²) in [6.07, 6.45) is -4.79. The summed E-state index contributed by atoms with van der Waals surface area (Å²) < 4.78 is 65.4. The highest BCUT2D eigenvalue weighted by Gasteiger charge is 2.40. The number of halogens is 4. The lowest BCUT2D eigenvalue weighted by atomic mass is 10.2. The number of nitrogens with zero attached hydrogens (tertiary/aromatic N) is 1. The van der Waals surface area contributed by atoms with Gasteiger partial charge in [-0.1, -0.05) is 11.6 Å². The molecule has 4 nitrogen and oxygen atoms in total. The van der Waals surface area contributed by atoms with Gasteiger partial charge in [0, 0.05) is 30.7 Å². The number of alkyl halides is 3. The molecule has 21 heavy (non-hydrogen) atoms. The van der Waals surface area contributed by atoms with Crippen molar-refractivity contribution < 1.29 is 21.6 Å². The van der Waals surface area contributed by atoms with E-state index in [2.05, 4.69) is 5.32 Å². The van der Waals surface area contributed by atoms with Crippen molar-refractivity contribution in [2.24, 2.45) is 0 Å². The van der Waals surface area contributed by atoms with Gasteiger partial charge in [0.25, 0.3) is 0 Å². The Morgan fingerprint density at radius 3 is 2.62 bits per heavy atom. The maximum atomic E-state index is 13.1. The van der Waals surface area contributed by atoms with Crippen LogP contribution in [0.15, 0.2) is 23.1 Å². The molecule has 1 aromatic rings. The number of hydrogen-bond donors (Lipinski definition) is 1. The van der Waals surface area contributed by atoms with Crippen molar-refractivity contribution in [3.05, 3.63) is 28.8 Å². The number of rotatable bonds is 2. The van der Waals surface area contributed by atoms with E-state index >= 15 is 0 Å². The predicted molar refractivity (Wildman–Crippen MR) is 72.7 cm³/mol. The van der Waals surface area contributed by atoms with Gasteiger partial charge in [0.2, 0.25) is 10.0 Å². The van der Waals surface area contributed by atoms with Crippen LogP contribution in [0.5, 0.6) is 0 Å². The van der Waals surface area contributed by atoms with Gasteiger partial charge < -0.3 is 5.32 Å². The van der Waals surface area contributed by atoms with E-state index in [1.807, 2.05) is 0 Å². The Morgan fingerprint density at radius 1 is 1.38 bits per heavy atom. The third-order valence-corrected chi connectivity index (χ3v) is 5.58. The van der Waals surface area contributed by atoms with Gasteiger partial charge in [0.15, 0.2) is 0 Å². The molecule has 0 bridgehead atoms. The minimum absolute atomic E-state index is 0.128. The molecule has 1 aromatic carbocycles. The molecule has 2 rings (SSSR count). The van der Waals surface area contributed by atoms with Crippen LogP contribution in [-0.4, -0.2) is 38.4 Å². The van der Waals surface area contributed by atoms with Gasteiger partial charge in [-0.05, 0) is 25.1 Å². The zero-order valence-electron chi connectivity index (χ0n) is 11.1. The summed E-state index contributed by atoms with van der Waals surface area (Å²) in [5.74, 6) is 0. The summed E-state index contributed by atoms with van der Waals surface area (Å²) >= 11 is 5.57. The van der Waals surface area contributed by atoms with Crippen LogP contribution in [0, 0.1) is 0 Å². The average molecular weight is 343 g/mol. The van der Waals surface area contributed by atoms with Gasteiger partial charge in [0.05, 0.1) is 10.5 Å². The summed E-state index contributed by atoms with van der Waals surface area (Å²) in [6, 6.07) is 2.29. The Labute approximate surface area is 125 Å². The van der Waals surface area contributed by atoms with Crippen LogP contribution in [0.3, 0.4) is 0 Å². The zero-order valence-corrected chi connectivity index (χ0v) is 12.7. The van der Waals surface area contributed by atoms with Gasteiger partial charge in [-0.3, -0.25) is 0 Å². The van der Waals surface area contributed by atoms with Crippen LogP contribution in [0.2, 0.25) is 5.02 Å². The lowest BCUT2D eigenvalue weighted by Gasteiger charge is -2.33. The second-order valence-electron chi connectivity index (χ2n) is 4.81. The lowest BCUT2D eigenvalue weighted by molar-refractivity contribution is -0.139. The highest BCUT2D eigenvalue weighted by atomic mass is 35.5. The van der Waals surface area contributed by atoms with Crippen LogP contribution < -0.4 is 5.32 Å². The highest BCUT2D eigenvalue weighted by Crippen LogP contribution is 2.37. The molecule has 0 unspecified atom stereocenters. The van der Waals surface area contributed by atoms with Gasteiger partial charge in [-0.25, -0.2) is 8.42 Å². The van der Waals surface area contributed by atoms with Gasteiger partial charge in [0.1, 0.15) is 0 Å². The van der Waals surface area contributed by atoms with Crippen molar-refractivity contribution in [2.45, 2.75) is 24.0 Å². The van der Waals surface area contributed by atoms with E-state index in [4.69, 9.17) is 11.6 Å². The molecular formula is C12H14ClF3N2O2S. The summed E-state index contributed by atoms with van der Waals surface area (Å²) in [5.41, 5.74) is -1.24. The maximum absolute atomic E-state index is 13.1. The van der Waals surface area contributed by atoms with Gasteiger partial charge in [-0.15, -0.1) is 0 Å². The van der Waals surface area contributed by atoms with E-state index in [-0.39, 0.29) is 11.6 Å². The number of piperazine rings is 1. The van der Waals surface area contributed by atoms with Crippen molar-refractivity contribution in [1.82, 2.24) is 9.62 Å². The molecule has 1 fully saturated rings. The Bertz CT molecular complexity index is 634. The van der Waals surface area contributed by atoms with E-state index in [1.165, 1.54) is 0 Å². The standard InChI is InChI=1S/C12H14ClF3N2O2S/c1-8-7-17-4-5-18(8)21(19,20)11-3-2-9(13)6-10(11)12(14,15)16/h2-3,6,8,17H,4-5,7H2,1H3/t8-/m1/s1. The Morgan fingerprint density at radius 2 is 2.05 bits per heavy atom. The summed E-state index contributed by atoms with van der Waals surface area (Å²) in [5, 5.41) is 2.83. The Hall–Kier alpha value is -0.830. The first-order valence-corrected chi connectivity index (χ1v) is 8.05. The van der Waals surface area contributed by atoms with E-state index in [1.54, 1.807) is 6.92 Å². The molecule has 0 spiro atoms. The molecular weight excluding hydrogens is 329 g/mol.